The standard InChI is InChI=1S/C14H17FN4S/c1-9-18-13(8-20-9)7-19(2)6-10-3-11(14(16)17)5-12(15)4-10/h3-5,8H,6-7H2,1-2H3,(H3,16,17). The molecule has 0 saturated heterocycles. The van der Waals surface area contributed by atoms with Crippen LogP contribution in [-0.2, 0) is 13.1 Å². The summed E-state index contributed by atoms with van der Waals surface area (Å²) in [4.78, 5) is 6.45. The van der Waals surface area contributed by atoms with Crippen molar-refractivity contribution in [2.75, 3.05) is 7.05 Å². The van der Waals surface area contributed by atoms with Crippen molar-refractivity contribution in [3.05, 3.63) is 51.2 Å². The molecule has 0 fully saturated rings. The molecule has 1 aromatic carbocycles. The van der Waals surface area contributed by atoms with Gasteiger partial charge < -0.3 is 5.73 Å². The normalized spacial score (nSPS) is 11.0. The van der Waals surface area contributed by atoms with Gasteiger partial charge in [0.15, 0.2) is 0 Å². The number of amidine groups is 1. The van der Waals surface area contributed by atoms with Gasteiger partial charge in [0.05, 0.1) is 10.7 Å². The Hall–Kier alpha value is -1.79. The maximum atomic E-state index is 13.5. The number of nitrogens with zero attached hydrogens (tertiary/aromatic N) is 2. The molecule has 0 atom stereocenters. The first-order valence-electron chi connectivity index (χ1n) is 6.17. The van der Waals surface area contributed by atoms with E-state index in [-0.39, 0.29) is 11.7 Å². The van der Waals surface area contributed by atoms with Crippen LogP contribution in [0.25, 0.3) is 0 Å². The number of thiazole rings is 1. The molecular weight excluding hydrogens is 275 g/mol. The minimum Gasteiger partial charge on any atom is -0.384 e. The van der Waals surface area contributed by atoms with E-state index in [1.165, 1.54) is 12.1 Å². The fourth-order valence-corrected chi connectivity index (χ4v) is 2.63. The Kier molecular flexibility index (Phi) is 4.46. The van der Waals surface area contributed by atoms with Crippen LogP contribution in [0.1, 0.15) is 21.8 Å². The van der Waals surface area contributed by atoms with Gasteiger partial charge in [-0.3, -0.25) is 10.3 Å². The van der Waals surface area contributed by atoms with Crippen molar-refractivity contribution < 1.29 is 4.39 Å². The number of nitrogens with one attached hydrogen (secondary N) is 1. The van der Waals surface area contributed by atoms with Gasteiger partial charge in [0.1, 0.15) is 11.7 Å². The van der Waals surface area contributed by atoms with Crippen LogP contribution in [0.5, 0.6) is 0 Å². The van der Waals surface area contributed by atoms with Gasteiger partial charge in [0.25, 0.3) is 0 Å². The molecule has 1 heterocycles. The summed E-state index contributed by atoms with van der Waals surface area (Å²) in [6.45, 7) is 3.25. The van der Waals surface area contributed by atoms with Crippen molar-refractivity contribution in [3.8, 4) is 0 Å². The van der Waals surface area contributed by atoms with Crippen LogP contribution < -0.4 is 5.73 Å². The molecule has 0 unspecified atom stereocenters. The molecule has 0 aliphatic rings. The predicted molar refractivity (Wildman–Crippen MR) is 79.4 cm³/mol. The Morgan fingerprint density at radius 3 is 2.75 bits per heavy atom. The van der Waals surface area contributed by atoms with E-state index in [4.69, 9.17) is 11.1 Å². The van der Waals surface area contributed by atoms with E-state index in [1.54, 1.807) is 17.4 Å². The zero-order valence-electron chi connectivity index (χ0n) is 11.5. The highest BCUT2D eigenvalue weighted by atomic mass is 32.1. The second-order valence-electron chi connectivity index (χ2n) is 4.79. The van der Waals surface area contributed by atoms with Gasteiger partial charge in [-0.05, 0) is 37.7 Å². The third kappa shape index (κ3) is 3.85. The summed E-state index contributed by atoms with van der Waals surface area (Å²) in [5.41, 5.74) is 7.63. The van der Waals surface area contributed by atoms with Crippen LogP contribution in [0.15, 0.2) is 23.6 Å². The minimum atomic E-state index is -0.370. The summed E-state index contributed by atoms with van der Waals surface area (Å²) in [6, 6.07) is 4.49. The first-order chi connectivity index (χ1) is 9.44. The largest absolute Gasteiger partial charge is 0.384 e. The van der Waals surface area contributed by atoms with Crippen molar-refractivity contribution in [1.82, 2.24) is 9.88 Å². The van der Waals surface area contributed by atoms with Crippen molar-refractivity contribution >= 4 is 17.2 Å². The lowest BCUT2D eigenvalue weighted by Gasteiger charge is -2.16. The second kappa shape index (κ2) is 6.11. The monoisotopic (exact) mass is 292 g/mol. The molecule has 6 heteroatoms. The van der Waals surface area contributed by atoms with Crippen LogP contribution in [0.4, 0.5) is 4.39 Å². The fraction of sp³-hybridized carbons (Fsp3) is 0.286. The summed E-state index contributed by atoms with van der Waals surface area (Å²) >= 11 is 1.62. The summed E-state index contributed by atoms with van der Waals surface area (Å²) in [6.07, 6.45) is 0. The van der Waals surface area contributed by atoms with E-state index in [2.05, 4.69) is 4.98 Å². The second-order valence-corrected chi connectivity index (χ2v) is 5.85. The molecular formula is C14H17FN4S. The molecule has 2 aromatic rings. The van der Waals surface area contributed by atoms with Crippen LogP contribution in [0.2, 0.25) is 0 Å². The molecule has 4 nitrogen and oxygen atoms in total. The highest BCUT2D eigenvalue weighted by Crippen LogP contribution is 2.14. The van der Waals surface area contributed by atoms with Crippen LogP contribution >= 0.6 is 11.3 Å². The van der Waals surface area contributed by atoms with Crippen molar-refractivity contribution in [3.63, 3.8) is 0 Å². The smallest absolute Gasteiger partial charge is 0.124 e. The molecule has 0 spiro atoms. The van der Waals surface area contributed by atoms with Crippen LogP contribution in [-0.4, -0.2) is 22.8 Å². The zero-order valence-corrected chi connectivity index (χ0v) is 12.3. The number of halogens is 1. The van der Waals surface area contributed by atoms with Gasteiger partial charge in [-0.15, -0.1) is 11.3 Å². The van der Waals surface area contributed by atoms with E-state index in [9.17, 15) is 4.39 Å². The van der Waals surface area contributed by atoms with E-state index >= 15 is 0 Å². The van der Waals surface area contributed by atoms with Gasteiger partial charge in [-0.2, -0.15) is 0 Å². The first-order valence-corrected chi connectivity index (χ1v) is 7.05. The Morgan fingerprint density at radius 2 is 2.15 bits per heavy atom. The molecule has 1 aromatic heterocycles. The molecule has 3 N–H and O–H groups in total. The summed E-state index contributed by atoms with van der Waals surface area (Å²) in [7, 11) is 1.95. The lowest BCUT2D eigenvalue weighted by molar-refractivity contribution is 0.315. The zero-order chi connectivity index (χ0) is 14.7. The molecule has 0 aliphatic heterocycles. The predicted octanol–water partition coefficient (Wildman–Crippen LogP) is 2.51. The van der Waals surface area contributed by atoms with Gasteiger partial charge in [-0.25, -0.2) is 9.37 Å². The summed E-state index contributed by atoms with van der Waals surface area (Å²) in [5.74, 6) is -0.492. The summed E-state index contributed by atoms with van der Waals surface area (Å²) < 4.78 is 13.5. The molecule has 0 saturated carbocycles. The third-order valence-electron chi connectivity index (χ3n) is 2.82. The van der Waals surface area contributed by atoms with Gasteiger partial charge in [-0.1, -0.05) is 0 Å². The molecule has 106 valence electrons. The lowest BCUT2D eigenvalue weighted by atomic mass is 10.1. The Bertz CT molecular complexity index is 623. The van der Waals surface area contributed by atoms with Crippen molar-refractivity contribution in [1.29, 1.82) is 5.41 Å². The molecule has 0 aliphatic carbocycles. The van der Waals surface area contributed by atoms with Gasteiger partial charge in [0.2, 0.25) is 0 Å². The number of aryl methyl sites for hydroxylation is 1. The number of hydrogen-bond donors (Lipinski definition) is 2. The lowest BCUT2D eigenvalue weighted by Crippen LogP contribution is -2.18. The topological polar surface area (TPSA) is 66.0 Å². The number of benzene rings is 1. The van der Waals surface area contributed by atoms with Crippen LogP contribution in [0.3, 0.4) is 0 Å². The van der Waals surface area contributed by atoms with Gasteiger partial charge in [0, 0.05) is 24.0 Å². The average molecular weight is 292 g/mol. The number of nitrogen functional groups attached to an aromatic ring is 1. The molecule has 2 rings (SSSR count). The quantitative estimate of drug-likeness (QED) is 0.657. The number of rotatable bonds is 5. The number of hydrogen-bond acceptors (Lipinski definition) is 4. The Labute approximate surface area is 121 Å². The van der Waals surface area contributed by atoms with Crippen molar-refractivity contribution in [2.45, 2.75) is 20.0 Å². The highest BCUT2D eigenvalue weighted by molar-refractivity contribution is 7.09. The average Bonchev–Trinajstić information content (AvgIpc) is 2.73. The van der Waals surface area contributed by atoms with E-state index in [0.29, 0.717) is 18.7 Å². The molecule has 0 bridgehead atoms. The number of nitrogens with two attached hydrogens (primary N) is 1. The molecule has 20 heavy (non-hydrogen) atoms. The number of aromatic nitrogens is 1. The van der Waals surface area contributed by atoms with Crippen LogP contribution in [0, 0.1) is 18.2 Å². The maximum absolute atomic E-state index is 13.5. The van der Waals surface area contributed by atoms with Crippen molar-refractivity contribution in [2.24, 2.45) is 5.73 Å². The third-order valence-corrected chi connectivity index (χ3v) is 3.64. The minimum absolute atomic E-state index is 0.122. The van der Waals surface area contributed by atoms with Gasteiger partial charge >= 0.3 is 0 Å². The highest BCUT2D eigenvalue weighted by Gasteiger charge is 2.08. The first kappa shape index (κ1) is 14.6. The Balaban J connectivity index is 2.07. The summed E-state index contributed by atoms with van der Waals surface area (Å²) in [5, 5.41) is 10.4. The van der Waals surface area contributed by atoms with E-state index in [1.807, 2.05) is 24.3 Å². The Morgan fingerprint density at radius 1 is 1.40 bits per heavy atom. The van der Waals surface area contributed by atoms with E-state index in [0.717, 1.165) is 16.3 Å². The fourth-order valence-electron chi connectivity index (χ4n) is 2.02. The maximum Gasteiger partial charge on any atom is 0.124 e. The SMILES string of the molecule is Cc1nc(CN(C)Cc2cc(F)cc(C(=N)N)c2)cs1. The van der Waals surface area contributed by atoms with E-state index < -0.39 is 0 Å². The molecule has 0 radical (unpaired) electrons. The molecule has 0 amide bonds.